The zero-order valence-corrected chi connectivity index (χ0v) is 17.4. The van der Waals surface area contributed by atoms with E-state index in [9.17, 15) is 0 Å². The summed E-state index contributed by atoms with van der Waals surface area (Å²) in [5.74, 6) is 1.65. The van der Waals surface area contributed by atoms with Crippen molar-refractivity contribution in [3.05, 3.63) is 59.0 Å². The maximum atomic E-state index is 5.88. The maximum absolute atomic E-state index is 5.88. The van der Waals surface area contributed by atoms with Crippen LogP contribution in [0.15, 0.2) is 52.1 Å². The second-order valence-electron chi connectivity index (χ2n) is 5.29. The summed E-state index contributed by atoms with van der Waals surface area (Å²) in [7, 11) is 1.77. The Morgan fingerprint density at radius 2 is 1.92 bits per heavy atom. The van der Waals surface area contributed by atoms with Crippen LogP contribution in [-0.2, 0) is 17.8 Å². The molecule has 5 nitrogen and oxygen atoms in total. The summed E-state index contributed by atoms with van der Waals surface area (Å²) in [5, 5.41) is 7.33. The SMILES string of the molecule is CN=C(NCCCOCc1ccco1)NCCc1ccc(Cl)cc1.I. The number of aliphatic imine (C=N–C) groups is 1. The van der Waals surface area contributed by atoms with Crippen molar-refractivity contribution >= 4 is 41.5 Å². The molecule has 1 heterocycles. The number of ether oxygens (including phenoxy) is 1. The van der Waals surface area contributed by atoms with E-state index in [1.54, 1.807) is 13.3 Å². The Kier molecular flexibility index (Phi) is 11.3. The highest BCUT2D eigenvalue weighted by Crippen LogP contribution is 2.09. The fourth-order valence-electron chi connectivity index (χ4n) is 2.15. The van der Waals surface area contributed by atoms with E-state index in [1.807, 2.05) is 36.4 Å². The smallest absolute Gasteiger partial charge is 0.190 e. The van der Waals surface area contributed by atoms with Gasteiger partial charge in [0.2, 0.25) is 0 Å². The van der Waals surface area contributed by atoms with Gasteiger partial charge < -0.3 is 19.8 Å². The summed E-state index contributed by atoms with van der Waals surface area (Å²) in [4.78, 5) is 4.21. The average Bonchev–Trinajstić information content (AvgIpc) is 3.11. The topological polar surface area (TPSA) is 58.8 Å². The van der Waals surface area contributed by atoms with Crippen LogP contribution >= 0.6 is 35.6 Å². The lowest BCUT2D eigenvalue weighted by Crippen LogP contribution is -2.39. The molecule has 0 aliphatic carbocycles. The van der Waals surface area contributed by atoms with Crippen molar-refractivity contribution in [3.63, 3.8) is 0 Å². The van der Waals surface area contributed by atoms with Gasteiger partial charge in [-0.15, -0.1) is 24.0 Å². The maximum Gasteiger partial charge on any atom is 0.190 e. The van der Waals surface area contributed by atoms with Crippen LogP contribution in [0.5, 0.6) is 0 Å². The molecule has 0 aliphatic rings. The highest BCUT2D eigenvalue weighted by atomic mass is 127. The van der Waals surface area contributed by atoms with E-state index in [1.165, 1.54) is 5.56 Å². The fourth-order valence-corrected chi connectivity index (χ4v) is 2.27. The molecule has 2 rings (SSSR count). The molecule has 1 aromatic carbocycles. The van der Waals surface area contributed by atoms with Crippen molar-refractivity contribution < 1.29 is 9.15 Å². The average molecular weight is 478 g/mol. The number of halogens is 2. The van der Waals surface area contributed by atoms with Gasteiger partial charge in [-0.2, -0.15) is 0 Å². The van der Waals surface area contributed by atoms with Crippen LogP contribution in [0.4, 0.5) is 0 Å². The number of benzene rings is 1. The van der Waals surface area contributed by atoms with E-state index in [0.29, 0.717) is 13.2 Å². The minimum absolute atomic E-state index is 0. The van der Waals surface area contributed by atoms with Gasteiger partial charge in [-0.3, -0.25) is 4.99 Å². The number of hydrogen-bond acceptors (Lipinski definition) is 3. The Morgan fingerprint density at radius 3 is 2.60 bits per heavy atom. The first-order chi connectivity index (χ1) is 11.8. The molecule has 138 valence electrons. The van der Waals surface area contributed by atoms with Gasteiger partial charge in [0, 0.05) is 31.8 Å². The van der Waals surface area contributed by atoms with Crippen molar-refractivity contribution in [2.24, 2.45) is 4.99 Å². The summed E-state index contributed by atoms with van der Waals surface area (Å²) in [5.41, 5.74) is 1.24. The van der Waals surface area contributed by atoms with Gasteiger partial charge in [-0.1, -0.05) is 23.7 Å². The highest BCUT2D eigenvalue weighted by molar-refractivity contribution is 14.0. The van der Waals surface area contributed by atoms with E-state index in [2.05, 4.69) is 15.6 Å². The highest BCUT2D eigenvalue weighted by Gasteiger charge is 1.99. The lowest BCUT2D eigenvalue weighted by molar-refractivity contribution is 0.105. The normalized spacial score (nSPS) is 11.0. The van der Waals surface area contributed by atoms with Crippen LogP contribution in [0.25, 0.3) is 0 Å². The van der Waals surface area contributed by atoms with Crippen molar-refractivity contribution in [1.82, 2.24) is 10.6 Å². The van der Waals surface area contributed by atoms with Crippen LogP contribution in [-0.4, -0.2) is 32.7 Å². The molecule has 0 amide bonds. The number of furan rings is 1. The van der Waals surface area contributed by atoms with Gasteiger partial charge >= 0.3 is 0 Å². The van der Waals surface area contributed by atoms with E-state index < -0.39 is 0 Å². The second kappa shape index (κ2) is 13.0. The number of hydrogen-bond donors (Lipinski definition) is 2. The molecule has 0 aliphatic heterocycles. The Labute approximate surface area is 171 Å². The zero-order chi connectivity index (χ0) is 17.0. The molecule has 0 bridgehead atoms. The lowest BCUT2D eigenvalue weighted by Gasteiger charge is -2.12. The van der Waals surface area contributed by atoms with Gasteiger partial charge in [-0.05, 0) is 42.7 Å². The van der Waals surface area contributed by atoms with Crippen molar-refractivity contribution in [2.45, 2.75) is 19.4 Å². The first-order valence-electron chi connectivity index (χ1n) is 8.07. The molecular weight excluding hydrogens is 453 g/mol. The Hall–Kier alpha value is -1.25. The van der Waals surface area contributed by atoms with Crippen LogP contribution in [0.3, 0.4) is 0 Å². The largest absolute Gasteiger partial charge is 0.467 e. The molecular formula is C18H25ClIN3O2. The number of rotatable bonds is 9. The van der Waals surface area contributed by atoms with E-state index in [-0.39, 0.29) is 24.0 Å². The predicted molar refractivity (Wildman–Crippen MR) is 113 cm³/mol. The monoisotopic (exact) mass is 477 g/mol. The third-order valence-corrected chi connectivity index (χ3v) is 3.68. The predicted octanol–water partition coefficient (Wildman–Crippen LogP) is 3.87. The van der Waals surface area contributed by atoms with Crippen LogP contribution in [0.1, 0.15) is 17.7 Å². The van der Waals surface area contributed by atoms with Crippen LogP contribution in [0.2, 0.25) is 5.02 Å². The van der Waals surface area contributed by atoms with Gasteiger partial charge in [0.25, 0.3) is 0 Å². The third kappa shape index (κ3) is 9.13. The second-order valence-corrected chi connectivity index (χ2v) is 5.72. The number of nitrogens with zero attached hydrogens (tertiary/aromatic N) is 1. The fraction of sp³-hybridized carbons (Fsp3) is 0.389. The molecule has 0 saturated heterocycles. The molecule has 0 atom stereocenters. The van der Waals surface area contributed by atoms with Crippen LogP contribution < -0.4 is 10.6 Å². The van der Waals surface area contributed by atoms with Crippen molar-refractivity contribution in [1.29, 1.82) is 0 Å². The van der Waals surface area contributed by atoms with Gasteiger partial charge in [0.1, 0.15) is 12.4 Å². The molecule has 2 aromatic rings. The van der Waals surface area contributed by atoms with E-state index in [4.69, 9.17) is 20.8 Å². The number of guanidine groups is 1. The van der Waals surface area contributed by atoms with E-state index >= 15 is 0 Å². The van der Waals surface area contributed by atoms with Gasteiger partial charge in [-0.25, -0.2) is 0 Å². The number of nitrogens with one attached hydrogen (secondary N) is 2. The molecule has 0 radical (unpaired) electrons. The Morgan fingerprint density at radius 1 is 1.16 bits per heavy atom. The molecule has 1 aromatic heterocycles. The summed E-state index contributed by atoms with van der Waals surface area (Å²) in [6.45, 7) is 2.81. The Balaban J connectivity index is 0.00000312. The van der Waals surface area contributed by atoms with Gasteiger partial charge in [0.15, 0.2) is 5.96 Å². The minimum atomic E-state index is 0. The molecule has 7 heteroatoms. The summed E-state index contributed by atoms with van der Waals surface area (Å²) < 4.78 is 10.7. The minimum Gasteiger partial charge on any atom is -0.467 e. The van der Waals surface area contributed by atoms with Crippen LogP contribution in [0, 0.1) is 0 Å². The van der Waals surface area contributed by atoms with Gasteiger partial charge in [0.05, 0.1) is 6.26 Å². The molecule has 0 unspecified atom stereocenters. The van der Waals surface area contributed by atoms with E-state index in [0.717, 1.165) is 42.7 Å². The molecule has 25 heavy (non-hydrogen) atoms. The lowest BCUT2D eigenvalue weighted by atomic mass is 10.1. The molecule has 0 saturated carbocycles. The third-order valence-electron chi connectivity index (χ3n) is 3.43. The summed E-state index contributed by atoms with van der Waals surface area (Å²) in [6.07, 6.45) is 3.47. The molecule has 2 N–H and O–H groups in total. The standard InChI is InChI=1S/C18H24ClN3O2.HI/c1-20-18(22-11-9-15-5-7-16(19)8-6-15)21-10-3-12-23-14-17-4-2-13-24-17;/h2,4-8,13H,3,9-12,14H2,1H3,(H2,20,21,22);1H. The molecule has 0 fully saturated rings. The first kappa shape index (κ1) is 21.8. The first-order valence-corrected chi connectivity index (χ1v) is 8.45. The quantitative estimate of drug-likeness (QED) is 0.249. The summed E-state index contributed by atoms with van der Waals surface area (Å²) in [6, 6.07) is 11.7. The zero-order valence-electron chi connectivity index (χ0n) is 14.3. The van der Waals surface area contributed by atoms with Crippen molar-refractivity contribution in [3.8, 4) is 0 Å². The van der Waals surface area contributed by atoms with Crippen molar-refractivity contribution in [2.75, 3.05) is 26.7 Å². The Bertz CT molecular complexity index is 603. The molecule has 0 spiro atoms. The summed E-state index contributed by atoms with van der Waals surface area (Å²) >= 11 is 5.88.